The minimum atomic E-state index is -0.637. The minimum Gasteiger partial charge on any atom is -0.469 e. The van der Waals surface area contributed by atoms with Crippen LogP contribution in [0.5, 0.6) is 0 Å². The number of carbonyl (C=O) groups is 2. The molecule has 0 saturated carbocycles. The van der Waals surface area contributed by atoms with Gasteiger partial charge in [0.25, 0.3) is 5.91 Å². The van der Waals surface area contributed by atoms with E-state index in [-0.39, 0.29) is 29.5 Å². The van der Waals surface area contributed by atoms with Crippen LogP contribution in [0.25, 0.3) is 0 Å². The Kier molecular flexibility index (Phi) is 5.14. The number of morpholine rings is 1. The summed E-state index contributed by atoms with van der Waals surface area (Å²) in [6.07, 6.45) is -0.362. The van der Waals surface area contributed by atoms with Crippen LogP contribution in [0.1, 0.15) is 16.8 Å². The van der Waals surface area contributed by atoms with Gasteiger partial charge in [-0.15, -0.1) is 0 Å². The van der Waals surface area contributed by atoms with Gasteiger partial charge in [0.05, 0.1) is 36.8 Å². The fraction of sp³-hybridized carbons (Fsp3) is 0.429. The third kappa shape index (κ3) is 3.71. The Morgan fingerprint density at radius 2 is 2.29 bits per heavy atom. The van der Waals surface area contributed by atoms with Crippen molar-refractivity contribution in [3.05, 3.63) is 34.6 Å². The van der Waals surface area contributed by atoms with Gasteiger partial charge in [-0.1, -0.05) is 17.7 Å². The molecule has 1 heterocycles. The zero-order chi connectivity index (χ0) is 15.4. The largest absolute Gasteiger partial charge is 0.469 e. The minimum absolute atomic E-state index is 0.0666. The van der Waals surface area contributed by atoms with Gasteiger partial charge in [-0.2, -0.15) is 0 Å². The number of halogens is 2. The van der Waals surface area contributed by atoms with E-state index in [4.69, 9.17) is 16.3 Å². The van der Waals surface area contributed by atoms with Crippen molar-refractivity contribution in [2.45, 2.75) is 12.5 Å². The Labute approximate surface area is 126 Å². The molecule has 114 valence electrons. The lowest BCUT2D eigenvalue weighted by Gasteiger charge is -2.32. The third-order valence-corrected chi connectivity index (χ3v) is 3.61. The van der Waals surface area contributed by atoms with E-state index in [1.807, 2.05) is 0 Å². The van der Waals surface area contributed by atoms with Crippen LogP contribution in [0, 0.1) is 5.82 Å². The zero-order valence-corrected chi connectivity index (χ0v) is 12.2. The van der Waals surface area contributed by atoms with E-state index in [0.29, 0.717) is 13.2 Å². The normalized spacial score (nSPS) is 18.4. The van der Waals surface area contributed by atoms with Crippen LogP contribution in [-0.2, 0) is 14.3 Å². The summed E-state index contributed by atoms with van der Waals surface area (Å²) in [4.78, 5) is 25.1. The van der Waals surface area contributed by atoms with Crippen LogP contribution < -0.4 is 0 Å². The fourth-order valence-electron chi connectivity index (χ4n) is 2.14. The van der Waals surface area contributed by atoms with Gasteiger partial charge in [-0.05, 0) is 12.1 Å². The molecule has 2 rings (SSSR count). The van der Waals surface area contributed by atoms with Gasteiger partial charge in [-0.3, -0.25) is 9.59 Å². The maximum Gasteiger partial charge on any atom is 0.308 e. The van der Waals surface area contributed by atoms with Crippen molar-refractivity contribution in [3.63, 3.8) is 0 Å². The molecule has 1 aliphatic rings. The summed E-state index contributed by atoms with van der Waals surface area (Å²) in [6, 6.07) is 4.10. The summed E-state index contributed by atoms with van der Waals surface area (Å²) in [5.74, 6) is -1.42. The third-order valence-electron chi connectivity index (χ3n) is 3.23. The van der Waals surface area contributed by atoms with Crippen LogP contribution in [0.4, 0.5) is 4.39 Å². The molecule has 0 spiro atoms. The summed E-state index contributed by atoms with van der Waals surface area (Å²) in [5, 5.41) is -0.196. The molecule has 1 amide bonds. The molecule has 0 radical (unpaired) electrons. The number of esters is 1. The van der Waals surface area contributed by atoms with Crippen molar-refractivity contribution in [2.75, 3.05) is 26.8 Å². The molecule has 1 aromatic rings. The number of methoxy groups -OCH3 is 1. The molecule has 1 atom stereocenters. The Hall–Kier alpha value is -1.66. The standard InChI is InChI=1S/C14H15ClFNO4/c1-20-12(18)7-9-8-17(5-6-21-9)14(19)10-3-2-4-11(16)13(10)15/h2-4,9H,5-8H2,1H3. The molecule has 1 saturated heterocycles. The average Bonchev–Trinajstić information content (AvgIpc) is 2.49. The smallest absolute Gasteiger partial charge is 0.308 e. The molecule has 1 aliphatic heterocycles. The summed E-state index contributed by atoms with van der Waals surface area (Å²) in [5.41, 5.74) is 0.107. The fourth-order valence-corrected chi connectivity index (χ4v) is 2.34. The van der Waals surface area contributed by atoms with Gasteiger partial charge in [0.2, 0.25) is 0 Å². The maximum absolute atomic E-state index is 13.4. The van der Waals surface area contributed by atoms with Crippen molar-refractivity contribution in [2.24, 2.45) is 0 Å². The van der Waals surface area contributed by atoms with E-state index in [2.05, 4.69) is 4.74 Å². The Balaban J connectivity index is 2.08. The van der Waals surface area contributed by atoms with Crippen LogP contribution in [-0.4, -0.2) is 49.7 Å². The highest BCUT2D eigenvalue weighted by atomic mass is 35.5. The maximum atomic E-state index is 13.4. The second-order valence-electron chi connectivity index (χ2n) is 4.63. The van der Waals surface area contributed by atoms with Crippen LogP contribution in [0.2, 0.25) is 5.02 Å². The highest BCUT2D eigenvalue weighted by molar-refractivity contribution is 6.34. The molecule has 0 bridgehead atoms. The van der Waals surface area contributed by atoms with Gasteiger partial charge < -0.3 is 14.4 Å². The lowest BCUT2D eigenvalue weighted by Crippen LogP contribution is -2.46. The van der Waals surface area contributed by atoms with E-state index >= 15 is 0 Å². The van der Waals surface area contributed by atoms with Crippen LogP contribution in [0.3, 0.4) is 0 Å². The van der Waals surface area contributed by atoms with E-state index in [1.54, 1.807) is 0 Å². The van der Waals surface area contributed by atoms with Gasteiger partial charge in [0.1, 0.15) is 5.82 Å². The van der Waals surface area contributed by atoms with Crippen molar-refractivity contribution < 1.29 is 23.5 Å². The predicted octanol–water partition coefficient (Wildman–Crippen LogP) is 1.88. The molecule has 0 N–H and O–H groups in total. The van der Waals surface area contributed by atoms with Gasteiger partial charge in [-0.25, -0.2) is 4.39 Å². The molecule has 0 aliphatic carbocycles. The molecular weight excluding hydrogens is 301 g/mol. The van der Waals surface area contributed by atoms with Gasteiger partial charge in [0.15, 0.2) is 0 Å². The Morgan fingerprint density at radius 1 is 1.52 bits per heavy atom. The second-order valence-corrected chi connectivity index (χ2v) is 5.00. The molecular formula is C14H15ClFNO4. The molecule has 1 aromatic carbocycles. The average molecular weight is 316 g/mol. The van der Waals surface area contributed by atoms with Crippen LogP contribution >= 0.6 is 11.6 Å². The summed E-state index contributed by atoms with van der Waals surface area (Å²) in [7, 11) is 1.29. The monoisotopic (exact) mass is 315 g/mol. The first-order chi connectivity index (χ1) is 10.0. The molecule has 7 heteroatoms. The second kappa shape index (κ2) is 6.87. The van der Waals surface area contributed by atoms with Crippen LogP contribution in [0.15, 0.2) is 18.2 Å². The summed E-state index contributed by atoms with van der Waals surface area (Å²) >= 11 is 5.82. The highest BCUT2D eigenvalue weighted by Crippen LogP contribution is 2.22. The summed E-state index contributed by atoms with van der Waals surface area (Å²) < 4.78 is 23.4. The lowest BCUT2D eigenvalue weighted by atomic mass is 10.1. The molecule has 1 unspecified atom stereocenters. The van der Waals surface area contributed by atoms with Gasteiger partial charge >= 0.3 is 5.97 Å². The van der Waals surface area contributed by atoms with Crippen molar-refractivity contribution in [3.8, 4) is 0 Å². The number of hydrogen-bond acceptors (Lipinski definition) is 4. The number of benzene rings is 1. The topological polar surface area (TPSA) is 55.8 Å². The van der Waals surface area contributed by atoms with Crippen molar-refractivity contribution in [1.82, 2.24) is 4.90 Å². The molecule has 21 heavy (non-hydrogen) atoms. The van der Waals surface area contributed by atoms with E-state index < -0.39 is 17.9 Å². The van der Waals surface area contributed by atoms with Gasteiger partial charge in [0, 0.05) is 13.1 Å². The first-order valence-electron chi connectivity index (χ1n) is 6.44. The SMILES string of the molecule is COC(=O)CC1CN(C(=O)c2cccc(F)c2Cl)CCO1. The highest BCUT2D eigenvalue weighted by Gasteiger charge is 2.28. The number of rotatable bonds is 3. The molecule has 5 nitrogen and oxygen atoms in total. The first-order valence-corrected chi connectivity index (χ1v) is 6.82. The van der Waals surface area contributed by atoms with Crippen molar-refractivity contribution in [1.29, 1.82) is 0 Å². The van der Waals surface area contributed by atoms with E-state index in [1.165, 1.54) is 30.2 Å². The van der Waals surface area contributed by atoms with Crippen molar-refractivity contribution >= 4 is 23.5 Å². The number of ether oxygens (including phenoxy) is 2. The Morgan fingerprint density at radius 3 is 3.00 bits per heavy atom. The quantitative estimate of drug-likeness (QED) is 0.799. The lowest BCUT2D eigenvalue weighted by molar-refractivity contribution is -0.145. The Bertz CT molecular complexity index is 552. The number of nitrogens with zero attached hydrogens (tertiary/aromatic N) is 1. The summed E-state index contributed by atoms with van der Waals surface area (Å²) in [6.45, 7) is 0.907. The number of carbonyl (C=O) groups excluding carboxylic acids is 2. The zero-order valence-electron chi connectivity index (χ0n) is 11.5. The first kappa shape index (κ1) is 15.7. The predicted molar refractivity (Wildman–Crippen MR) is 73.7 cm³/mol. The van der Waals surface area contributed by atoms with E-state index in [0.717, 1.165) is 0 Å². The molecule has 0 aromatic heterocycles. The molecule has 1 fully saturated rings. The number of hydrogen-bond donors (Lipinski definition) is 0. The van der Waals surface area contributed by atoms with E-state index in [9.17, 15) is 14.0 Å². The number of amides is 1.